The van der Waals surface area contributed by atoms with Crippen LogP contribution in [0.25, 0.3) is 22.0 Å². The number of anilines is 2. The van der Waals surface area contributed by atoms with Gasteiger partial charge >= 0.3 is 0 Å². The molecule has 41 heavy (non-hydrogen) atoms. The second kappa shape index (κ2) is 10.8. The Labute approximate surface area is 239 Å². The number of hydrogen-bond acceptors (Lipinski definition) is 8. The molecule has 2 aliphatic rings. The Hall–Kier alpha value is -3.35. The van der Waals surface area contributed by atoms with Gasteiger partial charge in [0.2, 0.25) is 21.8 Å². The summed E-state index contributed by atoms with van der Waals surface area (Å²) in [6.07, 6.45) is 5.17. The Balaban J connectivity index is 1.57. The average molecular weight is 586 g/mol. The summed E-state index contributed by atoms with van der Waals surface area (Å²) >= 11 is 0. The van der Waals surface area contributed by atoms with Gasteiger partial charge in [-0.2, -0.15) is 0 Å². The molecule has 1 fully saturated rings. The van der Waals surface area contributed by atoms with Gasteiger partial charge in [-0.1, -0.05) is 13.8 Å². The van der Waals surface area contributed by atoms with Crippen LogP contribution in [0.15, 0.2) is 30.6 Å². The maximum atomic E-state index is 15.6. The third kappa shape index (κ3) is 5.60. The lowest BCUT2D eigenvalue weighted by atomic mass is 9.62. The number of carbonyl (C=O) groups excluding carboxylic acids is 1. The molecule has 0 atom stereocenters. The molecule has 0 unspecified atom stereocenters. The second-order valence-electron chi connectivity index (χ2n) is 11.4. The van der Waals surface area contributed by atoms with Gasteiger partial charge in [-0.3, -0.25) is 14.5 Å². The standard InChI is InChI=1S/C29H36FN5O5S/c1-16(2)31-7-8-39-27-24(34-41(6,37)38)9-18(14-33-27)20-10-21-23(11-22(20)30)32-15-25-26(21)29(28(36)35(25)5)12-19(13-29)40-17(3)4/h9-11,14-17,19,31,34H,7-8,12-13H2,1-6H3/t19-,29-. The summed E-state index contributed by atoms with van der Waals surface area (Å²) in [5.41, 5.74) is 1.84. The van der Waals surface area contributed by atoms with Crippen molar-refractivity contribution >= 4 is 38.2 Å². The monoisotopic (exact) mass is 585 g/mol. The first-order valence-corrected chi connectivity index (χ1v) is 15.6. The molecule has 1 aromatic carbocycles. The first-order valence-electron chi connectivity index (χ1n) is 13.7. The number of likely N-dealkylation sites (N-methyl/N-ethyl adjacent to an activating group) is 1. The van der Waals surface area contributed by atoms with Gasteiger partial charge in [-0.15, -0.1) is 0 Å². The molecule has 1 saturated carbocycles. The van der Waals surface area contributed by atoms with E-state index in [1.54, 1.807) is 24.2 Å². The number of amides is 1. The lowest BCUT2D eigenvalue weighted by molar-refractivity contribution is -0.136. The van der Waals surface area contributed by atoms with Crippen LogP contribution in [0.5, 0.6) is 5.88 Å². The predicted octanol–water partition coefficient (Wildman–Crippen LogP) is 3.99. The van der Waals surface area contributed by atoms with Crippen LogP contribution < -0.4 is 19.7 Å². The molecule has 5 rings (SSSR count). The summed E-state index contributed by atoms with van der Waals surface area (Å²) in [7, 11) is -1.95. The van der Waals surface area contributed by atoms with E-state index in [0.29, 0.717) is 41.5 Å². The van der Waals surface area contributed by atoms with Gasteiger partial charge in [-0.05, 0) is 38.8 Å². The van der Waals surface area contributed by atoms with Crippen LogP contribution in [0.1, 0.15) is 46.1 Å². The summed E-state index contributed by atoms with van der Waals surface area (Å²) in [4.78, 5) is 23.9. The number of rotatable bonds is 10. The molecule has 0 saturated heterocycles. The number of benzene rings is 1. The van der Waals surface area contributed by atoms with Gasteiger partial charge in [0, 0.05) is 54.0 Å². The molecule has 12 heteroatoms. The van der Waals surface area contributed by atoms with Gasteiger partial charge in [0.25, 0.3) is 0 Å². The van der Waals surface area contributed by atoms with Crippen molar-refractivity contribution < 1.29 is 27.1 Å². The zero-order valence-corrected chi connectivity index (χ0v) is 24.9. The molecule has 3 heterocycles. The molecule has 0 radical (unpaired) electrons. The Morgan fingerprint density at radius 2 is 1.88 bits per heavy atom. The smallest absolute Gasteiger partial charge is 0.238 e. The number of aromatic nitrogens is 2. The Kier molecular flexibility index (Phi) is 7.68. The molecule has 1 aliphatic heterocycles. The van der Waals surface area contributed by atoms with Crippen LogP contribution in [0.3, 0.4) is 0 Å². The fraction of sp³-hybridized carbons (Fsp3) is 0.483. The first-order chi connectivity index (χ1) is 19.3. The molecule has 1 aliphatic carbocycles. The van der Waals surface area contributed by atoms with E-state index in [1.807, 2.05) is 27.7 Å². The van der Waals surface area contributed by atoms with Crippen molar-refractivity contribution in [2.24, 2.45) is 0 Å². The molecule has 1 amide bonds. The van der Waals surface area contributed by atoms with Crippen molar-refractivity contribution in [1.29, 1.82) is 0 Å². The van der Waals surface area contributed by atoms with E-state index in [0.717, 1.165) is 11.8 Å². The minimum atomic E-state index is -3.68. The molecule has 220 valence electrons. The van der Waals surface area contributed by atoms with Crippen LogP contribution >= 0.6 is 0 Å². The van der Waals surface area contributed by atoms with E-state index in [4.69, 9.17) is 9.47 Å². The van der Waals surface area contributed by atoms with E-state index >= 15 is 4.39 Å². The molecule has 0 bridgehead atoms. The van der Waals surface area contributed by atoms with Crippen molar-refractivity contribution in [2.45, 2.75) is 64.2 Å². The summed E-state index contributed by atoms with van der Waals surface area (Å²) in [5, 5.41) is 3.88. The van der Waals surface area contributed by atoms with E-state index in [1.165, 1.54) is 18.3 Å². The SMILES string of the molecule is CC(C)NCCOc1ncc(-c2cc3c(cc2F)ncc2c3[C@]3(C[C@@H](OC(C)C)C3)C(=O)N2C)cc1NS(C)(=O)=O. The van der Waals surface area contributed by atoms with Gasteiger partial charge in [-0.25, -0.2) is 17.8 Å². The van der Waals surface area contributed by atoms with Crippen molar-refractivity contribution in [3.8, 4) is 17.0 Å². The van der Waals surface area contributed by atoms with Gasteiger partial charge in [0.15, 0.2) is 0 Å². The summed E-state index contributed by atoms with van der Waals surface area (Å²) < 4.78 is 53.9. The number of pyridine rings is 2. The third-order valence-corrected chi connectivity index (χ3v) is 8.05. The molecular weight excluding hydrogens is 549 g/mol. The molecule has 2 aromatic heterocycles. The van der Waals surface area contributed by atoms with Crippen molar-refractivity contribution in [3.05, 3.63) is 42.0 Å². The Morgan fingerprint density at radius 3 is 2.54 bits per heavy atom. The van der Waals surface area contributed by atoms with Crippen molar-refractivity contribution in [2.75, 3.05) is 36.1 Å². The third-order valence-electron chi connectivity index (χ3n) is 7.46. The zero-order valence-electron chi connectivity index (χ0n) is 24.1. The number of ether oxygens (including phenoxy) is 2. The lowest BCUT2D eigenvalue weighted by Crippen LogP contribution is -2.52. The number of sulfonamides is 1. The quantitative estimate of drug-likeness (QED) is 0.343. The van der Waals surface area contributed by atoms with Gasteiger partial charge < -0.3 is 19.7 Å². The second-order valence-corrected chi connectivity index (χ2v) is 13.2. The number of fused-ring (bicyclic) bond motifs is 4. The molecular formula is C29H36FN5O5S. The minimum absolute atomic E-state index is 0.0222. The normalized spacial score (nSPS) is 20.3. The van der Waals surface area contributed by atoms with Crippen LogP contribution in [-0.4, -0.2) is 69.0 Å². The van der Waals surface area contributed by atoms with E-state index in [2.05, 4.69) is 20.0 Å². The molecule has 3 aromatic rings. The van der Waals surface area contributed by atoms with Gasteiger partial charge in [0.05, 0.1) is 41.3 Å². The van der Waals surface area contributed by atoms with Crippen LogP contribution in [0.4, 0.5) is 15.8 Å². The van der Waals surface area contributed by atoms with E-state index < -0.39 is 21.3 Å². The Bertz CT molecular complexity index is 1600. The maximum absolute atomic E-state index is 15.6. The van der Waals surface area contributed by atoms with Crippen LogP contribution in [-0.2, 0) is 25.0 Å². The summed E-state index contributed by atoms with van der Waals surface area (Å²) in [6, 6.07) is 4.78. The fourth-order valence-corrected chi connectivity index (χ4v) is 6.32. The van der Waals surface area contributed by atoms with E-state index in [9.17, 15) is 13.2 Å². The lowest BCUT2D eigenvalue weighted by Gasteiger charge is -2.44. The predicted molar refractivity (Wildman–Crippen MR) is 156 cm³/mol. The first kappa shape index (κ1) is 29.2. The molecule has 2 N–H and O–H groups in total. The number of carbonyl (C=O) groups is 1. The number of nitrogens with one attached hydrogen (secondary N) is 2. The highest BCUT2D eigenvalue weighted by Crippen LogP contribution is 2.56. The molecule has 10 nitrogen and oxygen atoms in total. The topological polar surface area (TPSA) is 123 Å². The van der Waals surface area contributed by atoms with Crippen molar-refractivity contribution in [3.63, 3.8) is 0 Å². The number of hydrogen-bond donors (Lipinski definition) is 2. The summed E-state index contributed by atoms with van der Waals surface area (Å²) in [6.45, 7) is 8.74. The van der Waals surface area contributed by atoms with Crippen molar-refractivity contribution in [1.82, 2.24) is 15.3 Å². The highest BCUT2D eigenvalue weighted by Gasteiger charge is 2.59. The Morgan fingerprint density at radius 1 is 1.15 bits per heavy atom. The fourth-order valence-electron chi connectivity index (χ4n) is 5.78. The van der Waals surface area contributed by atoms with E-state index in [-0.39, 0.29) is 47.9 Å². The van der Waals surface area contributed by atoms with Crippen LogP contribution in [0.2, 0.25) is 0 Å². The maximum Gasteiger partial charge on any atom is 0.238 e. The zero-order chi connectivity index (χ0) is 29.7. The number of halogens is 1. The largest absolute Gasteiger partial charge is 0.475 e. The highest BCUT2D eigenvalue weighted by atomic mass is 32.2. The van der Waals surface area contributed by atoms with Crippen LogP contribution in [0, 0.1) is 5.82 Å². The average Bonchev–Trinajstić information content (AvgIpc) is 3.08. The minimum Gasteiger partial charge on any atom is -0.475 e. The number of nitrogens with zero attached hydrogens (tertiary/aromatic N) is 3. The molecule has 1 spiro atoms. The van der Waals surface area contributed by atoms with Gasteiger partial charge in [0.1, 0.15) is 18.1 Å². The highest BCUT2D eigenvalue weighted by molar-refractivity contribution is 7.92. The summed E-state index contributed by atoms with van der Waals surface area (Å²) in [5.74, 6) is -0.482.